The van der Waals surface area contributed by atoms with Crippen molar-refractivity contribution < 1.29 is 29.7 Å². The second kappa shape index (κ2) is 10.4. The predicted octanol–water partition coefficient (Wildman–Crippen LogP) is 2.61. The van der Waals surface area contributed by atoms with E-state index < -0.39 is 23.5 Å². The third-order valence-electron chi connectivity index (χ3n) is 6.03. The maximum absolute atomic E-state index is 13.0. The van der Waals surface area contributed by atoms with Crippen LogP contribution in [0.5, 0.6) is 11.5 Å². The van der Waals surface area contributed by atoms with Gasteiger partial charge in [-0.3, -0.25) is 9.59 Å². The molecule has 0 radical (unpaired) electrons. The topological polar surface area (TPSA) is 127 Å². The highest BCUT2D eigenvalue weighted by molar-refractivity contribution is 5.92. The molecule has 33 heavy (non-hydrogen) atoms. The Hall–Kier alpha value is -3.55. The van der Waals surface area contributed by atoms with Crippen molar-refractivity contribution >= 4 is 17.8 Å². The average Bonchev–Trinajstić information content (AvgIpc) is 3.27. The highest BCUT2D eigenvalue weighted by Crippen LogP contribution is 2.22. The van der Waals surface area contributed by atoms with E-state index in [1.54, 1.807) is 29.2 Å². The van der Waals surface area contributed by atoms with Gasteiger partial charge in [0.15, 0.2) is 0 Å². The van der Waals surface area contributed by atoms with Gasteiger partial charge < -0.3 is 25.5 Å². The van der Waals surface area contributed by atoms with Crippen LogP contribution in [0.1, 0.15) is 43.7 Å². The minimum atomic E-state index is -1.55. The minimum absolute atomic E-state index is 0.0433. The molecular formula is C25H30N2O6. The molecule has 2 atom stereocenters. The van der Waals surface area contributed by atoms with Crippen molar-refractivity contribution in [2.75, 3.05) is 6.54 Å². The fourth-order valence-corrected chi connectivity index (χ4v) is 4.14. The molecule has 0 aromatic heterocycles. The molecule has 1 fully saturated rings. The first-order valence-corrected chi connectivity index (χ1v) is 11.1. The monoisotopic (exact) mass is 454 g/mol. The number of benzene rings is 2. The molecule has 2 amide bonds. The van der Waals surface area contributed by atoms with Crippen molar-refractivity contribution in [3.8, 4) is 11.5 Å². The van der Waals surface area contributed by atoms with Crippen molar-refractivity contribution in [1.82, 2.24) is 10.2 Å². The number of nitrogens with one attached hydrogen (secondary N) is 1. The maximum atomic E-state index is 13.0. The van der Waals surface area contributed by atoms with Crippen molar-refractivity contribution in [2.45, 2.75) is 57.0 Å². The summed E-state index contributed by atoms with van der Waals surface area (Å²) >= 11 is 0. The number of carbonyl (C=O) groups is 3. The van der Waals surface area contributed by atoms with Crippen LogP contribution in [0.15, 0.2) is 48.5 Å². The number of aromatic hydroxyl groups is 2. The molecule has 3 rings (SSSR count). The molecule has 4 N–H and O–H groups in total. The molecule has 1 aliphatic heterocycles. The predicted molar refractivity (Wildman–Crippen MR) is 122 cm³/mol. The Morgan fingerprint density at radius 2 is 1.58 bits per heavy atom. The van der Waals surface area contributed by atoms with E-state index in [4.69, 9.17) is 0 Å². The average molecular weight is 455 g/mol. The highest BCUT2D eigenvalue weighted by atomic mass is 16.4. The van der Waals surface area contributed by atoms with E-state index in [9.17, 15) is 29.7 Å². The van der Waals surface area contributed by atoms with Crippen molar-refractivity contribution in [3.05, 3.63) is 59.7 Å². The lowest BCUT2D eigenvalue weighted by Crippen LogP contribution is -2.58. The summed E-state index contributed by atoms with van der Waals surface area (Å²) in [7, 11) is 0. The first kappa shape index (κ1) is 24.1. The Morgan fingerprint density at radius 1 is 1.00 bits per heavy atom. The molecule has 0 bridgehead atoms. The zero-order chi connectivity index (χ0) is 24.0. The maximum Gasteiger partial charge on any atom is 0.329 e. The zero-order valence-electron chi connectivity index (χ0n) is 18.7. The summed E-state index contributed by atoms with van der Waals surface area (Å²) in [5.41, 5.74) is 0.124. The molecular weight excluding hydrogens is 424 g/mol. The van der Waals surface area contributed by atoms with Crippen LogP contribution in [-0.2, 0) is 27.2 Å². The van der Waals surface area contributed by atoms with Gasteiger partial charge in [0.1, 0.15) is 23.1 Å². The van der Waals surface area contributed by atoms with E-state index in [0.29, 0.717) is 37.8 Å². The van der Waals surface area contributed by atoms with Gasteiger partial charge in [-0.15, -0.1) is 0 Å². The van der Waals surface area contributed by atoms with Crippen molar-refractivity contribution in [2.24, 2.45) is 0 Å². The zero-order valence-corrected chi connectivity index (χ0v) is 18.7. The summed E-state index contributed by atoms with van der Waals surface area (Å²) in [4.78, 5) is 39.4. The van der Waals surface area contributed by atoms with E-state index in [0.717, 1.165) is 5.56 Å². The van der Waals surface area contributed by atoms with Gasteiger partial charge in [-0.05, 0) is 68.0 Å². The molecule has 8 nitrogen and oxygen atoms in total. The summed E-state index contributed by atoms with van der Waals surface area (Å²) in [6, 6.07) is 12.3. The molecule has 2 aromatic rings. The largest absolute Gasteiger partial charge is 0.508 e. The molecule has 0 aliphatic carbocycles. The number of hydrogen-bond donors (Lipinski definition) is 4. The molecule has 8 heteroatoms. The number of amides is 2. The Kier molecular flexibility index (Phi) is 7.58. The van der Waals surface area contributed by atoms with Gasteiger partial charge in [-0.2, -0.15) is 0 Å². The minimum Gasteiger partial charge on any atom is -0.508 e. The van der Waals surface area contributed by atoms with Crippen LogP contribution in [0.3, 0.4) is 0 Å². The van der Waals surface area contributed by atoms with Gasteiger partial charge >= 0.3 is 5.97 Å². The van der Waals surface area contributed by atoms with Crippen LogP contribution in [-0.4, -0.2) is 56.1 Å². The van der Waals surface area contributed by atoms with Gasteiger partial charge in [0, 0.05) is 19.4 Å². The van der Waals surface area contributed by atoms with Crippen LogP contribution in [0.4, 0.5) is 0 Å². The van der Waals surface area contributed by atoms with Crippen molar-refractivity contribution in [3.63, 3.8) is 0 Å². The molecule has 0 saturated carbocycles. The summed E-state index contributed by atoms with van der Waals surface area (Å²) in [6.07, 6.45) is 2.80. The highest BCUT2D eigenvalue weighted by Gasteiger charge is 2.40. The lowest BCUT2D eigenvalue weighted by atomic mass is 9.92. The van der Waals surface area contributed by atoms with Crippen LogP contribution < -0.4 is 5.32 Å². The van der Waals surface area contributed by atoms with Crippen LogP contribution in [0.2, 0.25) is 0 Å². The number of hydrogen-bond acceptors (Lipinski definition) is 5. The van der Waals surface area contributed by atoms with Crippen LogP contribution in [0.25, 0.3) is 0 Å². The lowest BCUT2D eigenvalue weighted by molar-refractivity contribution is -0.148. The standard InChI is InChI=1S/C25H30N2O6/c1-25(24(32)33,16-18-9-13-20(29)14-10-18)26-23(31)21-5-3-15-27(21)22(30)6-2-4-17-7-11-19(28)12-8-17/h7-14,21,28-29H,2-6,15-16H2,1H3,(H,26,31)(H,32,33)/t21-,25-/m0/s1. The number of nitrogens with zero attached hydrogens (tertiary/aromatic N) is 1. The number of carbonyl (C=O) groups excluding carboxylic acids is 2. The Bertz CT molecular complexity index is 989. The second-order valence-electron chi connectivity index (χ2n) is 8.73. The lowest BCUT2D eigenvalue weighted by Gasteiger charge is -2.31. The third kappa shape index (κ3) is 6.25. The van der Waals surface area contributed by atoms with E-state index in [-0.39, 0.29) is 30.2 Å². The number of phenols is 2. The molecule has 1 heterocycles. The summed E-state index contributed by atoms with van der Waals surface area (Å²) in [5, 5.41) is 31.2. The number of carboxylic acid groups (broad SMARTS) is 1. The molecule has 1 aliphatic rings. The quantitative estimate of drug-likeness (QED) is 0.461. The Labute approximate surface area is 192 Å². The normalized spacial score (nSPS) is 17.4. The third-order valence-corrected chi connectivity index (χ3v) is 6.03. The van der Waals surface area contributed by atoms with E-state index in [1.165, 1.54) is 19.1 Å². The van der Waals surface area contributed by atoms with Crippen LogP contribution in [0, 0.1) is 0 Å². The number of carboxylic acids is 1. The number of phenolic OH excluding ortho intramolecular Hbond substituents is 2. The smallest absolute Gasteiger partial charge is 0.329 e. The number of aliphatic carboxylic acids is 1. The SMILES string of the molecule is C[C@@](Cc1ccc(O)cc1)(NC(=O)[C@@H]1CCCN1C(=O)CCCc1ccc(O)cc1)C(=O)O. The summed E-state index contributed by atoms with van der Waals surface area (Å²) in [6.45, 7) is 1.91. The first-order valence-electron chi connectivity index (χ1n) is 11.1. The van der Waals surface area contributed by atoms with Gasteiger partial charge in [0.2, 0.25) is 11.8 Å². The molecule has 1 saturated heterocycles. The Morgan fingerprint density at radius 3 is 2.15 bits per heavy atom. The first-order chi connectivity index (χ1) is 15.7. The van der Waals surface area contributed by atoms with E-state index >= 15 is 0 Å². The molecule has 0 unspecified atom stereocenters. The Balaban J connectivity index is 1.59. The van der Waals surface area contributed by atoms with Crippen molar-refractivity contribution in [1.29, 1.82) is 0 Å². The van der Waals surface area contributed by atoms with Gasteiger partial charge in [0.25, 0.3) is 0 Å². The fourth-order valence-electron chi connectivity index (χ4n) is 4.14. The number of rotatable bonds is 9. The van der Waals surface area contributed by atoms with Gasteiger partial charge in [0.05, 0.1) is 0 Å². The molecule has 2 aromatic carbocycles. The fraction of sp³-hybridized carbons (Fsp3) is 0.400. The van der Waals surface area contributed by atoms with E-state index in [2.05, 4.69) is 5.32 Å². The number of likely N-dealkylation sites (tertiary alicyclic amines) is 1. The summed E-state index contributed by atoms with van der Waals surface area (Å²) in [5.74, 6) is -1.50. The number of aryl methyl sites for hydroxylation is 1. The summed E-state index contributed by atoms with van der Waals surface area (Å²) < 4.78 is 0. The second-order valence-corrected chi connectivity index (χ2v) is 8.73. The van der Waals surface area contributed by atoms with Gasteiger partial charge in [-0.1, -0.05) is 24.3 Å². The van der Waals surface area contributed by atoms with E-state index in [1.807, 2.05) is 12.1 Å². The van der Waals surface area contributed by atoms with Crippen LogP contribution >= 0.6 is 0 Å². The van der Waals surface area contributed by atoms with Gasteiger partial charge in [-0.25, -0.2) is 4.79 Å². The molecule has 0 spiro atoms. The molecule has 176 valence electrons.